The molecule has 4 aromatic rings. The predicted molar refractivity (Wildman–Crippen MR) is 147 cm³/mol. The van der Waals surface area contributed by atoms with E-state index in [0.29, 0.717) is 12.5 Å². The Bertz CT molecular complexity index is 1350. The van der Waals surface area contributed by atoms with Crippen LogP contribution in [-0.4, -0.2) is 37.6 Å². The third kappa shape index (κ3) is 4.80. The largest absolute Gasteiger partial charge is 1.00 e. The van der Waals surface area contributed by atoms with Crippen LogP contribution in [0.3, 0.4) is 0 Å². The summed E-state index contributed by atoms with van der Waals surface area (Å²) in [5.41, 5.74) is 0.658. The van der Waals surface area contributed by atoms with Gasteiger partial charge in [0.15, 0.2) is 0 Å². The van der Waals surface area contributed by atoms with E-state index in [1.807, 2.05) is 0 Å². The highest BCUT2D eigenvalue weighted by molar-refractivity contribution is 6.23. The molecule has 36 heavy (non-hydrogen) atoms. The molecule has 0 N–H and O–H groups in total. The lowest BCUT2D eigenvalue weighted by Crippen LogP contribution is -3.00. The van der Waals surface area contributed by atoms with E-state index < -0.39 is 5.41 Å². The summed E-state index contributed by atoms with van der Waals surface area (Å²) in [5.74, 6) is 1.41. The van der Waals surface area contributed by atoms with Crippen LogP contribution in [0.4, 0.5) is 0 Å². The molecule has 0 aliphatic carbocycles. The molecule has 5 rings (SSSR count). The summed E-state index contributed by atoms with van der Waals surface area (Å²) < 4.78 is 7.14. The van der Waals surface area contributed by atoms with Crippen molar-refractivity contribution in [3.8, 4) is 0 Å². The number of carbonyl (C=O) groups excluding carboxylic acids is 1. The van der Waals surface area contributed by atoms with E-state index in [9.17, 15) is 4.79 Å². The number of likely N-dealkylation sites (tertiary alicyclic amines) is 1. The van der Waals surface area contributed by atoms with E-state index >= 15 is 0 Å². The fraction of sp³-hybridized carbons (Fsp3) is 0.469. The minimum absolute atomic E-state index is 0. The predicted octanol–water partition coefficient (Wildman–Crippen LogP) is 4.56. The third-order valence-corrected chi connectivity index (χ3v) is 8.97. The lowest BCUT2D eigenvalue weighted by molar-refractivity contribution is -0.880. The van der Waals surface area contributed by atoms with Gasteiger partial charge in [0.05, 0.1) is 32.6 Å². The smallest absolute Gasteiger partial charge is 0.312 e. The zero-order valence-electron chi connectivity index (χ0n) is 22.4. The van der Waals surface area contributed by atoms with E-state index in [0.717, 1.165) is 35.2 Å². The molecule has 0 aromatic heterocycles. The van der Waals surface area contributed by atoms with Gasteiger partial charge in [-0.3, -0.25) is 4.79 Å². The van der Waals surface area contributed by atoms with Gasteiger partial charge in [-0.1, -0.05) is 68.4 Å². The Balaban J connectivity index is 0.00000304. The van der Waals surface area contributed by atoms with Crippen molar-refractivity contribution in [2.24, 2.45) is 17.3 Å². The Kier molecular flexibility index (Phi) is 7.55. The Labute approximate surface area is 222 Å². The van der Waals surface area contributed by atoms with Crippen LogP contribution in [0.1, 0.15) is 52.0 Å². The number of hydrogen-bond acceptors (Lipinski definition) is 2. The molecular formula is C32H40ClNO2. The number of halogens is 1. The summed E-state index contributed by atoms with van der Waals surface area (Å²) in [6, 6.07) is 19.5. The van der Waals surface area contributed by atoms with Gasteiger partial charge in [0.1, 0.15) is 6.61 Å². The molecule has 3 unspecified atom stereocenters. The first-order valence-electron chi connectivity index (χ1n) is 13.4. The topological polar surface area (TPSA) is 26.3 Å². The summed E-state index contributed by atoms with van der Waals surface area (Å²) >= 11 is 0. The molecule has 3 atom stereocenters. The first-order valence-corrected chi connectivity index (χ1v) is 13.4. The highest BCUT2D eigenvalue weighted by atomic mass is 35.5. The van der Waals surface area contributed by atoms with Crippen LogP contribution in [0.5, 0.6) is 0 Å². The monoisotopic (exact) mass is 505 g/mol. The Morgan fingerprint density at radius 2 is 1.53 bits per heavy atom. The molecule has 1 fully saturated rings. The van der Waals surface area contributed by atoms with E-state index in [2.05, 4.69) is 89.5 Å². The van der Waals surface area contributed by atoms with Crippen LogP contribution in [0.2, 0.25) is 0 Å². The molecule has 0 spiro atoms. The molecule has 3 nitrogen and oxygen atoms in total. The van der Waals surface area contributed by atoms with Gasteiger partial charge in [0.25, 0.3) is 0 Å². The molecular weight excluding hydrogens is 466 g/mol. The number of nitrogens with zero attached hydrogens (tertiary/aromatic N) is 1. The molecule has 1 aliphatic heterocycles. The van der Waals surface area contributed by atoms with Crippen molar-refractivity contribution in [1.82, 2.24) is 0 Å². The zero-order chi connectivity index (χ0) is 24.8. The number of benzene rings is 4. The Morgan fingerprint density at radius 3 is 2.19 bits per heavy atom. The van der Waals surface area contributed by atoms with Crippen molar-refractivity contribution in [3.05, 3.63) is 60.2 Å². The average Bonchev–Trinajstić information content (AvgIpc) is 3.18. The molecule has 4 heteroatoms. The maximum atomic E-state index is 13.4. The van der Waals surface area contributed by atoms with Crippen LogP contribution >= 0.6 is 0 Å². The molecule has 0 amide bonds. The van der Waals surface area contributed by atoms with Gasteiger partial charge in [-0.2, -0.15) is 0 Å². The number of carbonyl (C=O) groups is 1. The molecule has 1 heterocycles. The van der Waals surface area contributed by atoms with Crippen molar-refractivity contribution in [3.63, 3.8) is 0 Å². The lowest BCUT2D eigenvalue weighted by atomic mass is 9.78. The van der Waals surface area contributed by atoms with Crippen molar-refractivity contribution in [1.29, 1.82) is 0 Å². The van der Waals surface area contributed by atoms with Gasteiger partial charge in [-0.25, -0.2) is 0 Å². The van der Waals surface area contributed by atoms with Crippen LogP contribution in [0.15, 0.2) is 54.6 Å². The fourth-order valence-corrected chi connectivity index (χ4v) is 6.60. The van der Waals surface area contributed by atoms with Gasteiger partial charge in [-0.15, -0.1) is 0 Å². The minimum atomic E-state index is -0.429. The molecule has 192 valence electrons. The summed E-state index contributed by atoms with van der Waals surface area (Å²) in [6.07, 6.45) is 4.06. The molecule has 0 radical (unpaired) electrons. The number of esters is 1. The molecule has 1 saturated heterocycles. The minimum Gasteiger partial charge on any atom is -1.00 e. The standard InChI is InChI=1S/C32H40NO2.ClH/c1-6-22-19-33(4,5)20-26(22)17-18-32(3,7-2)31(34)35-21-27-14-13-25-12-11-23-9-8-10-24-15-16-28(27)30(25)29(23)24;/h8-16,22,26H,6-7,17-21H2,1-5H3;1H/q+1;/p-1. The number of quaternary nitrogens is 1. The second-order valence-electron chi connectivity index (χ2n) is 11.8. The van der Waals surface area contributed by atoms with Gasteiger partial charge in [0, 0.05) is 11.8 Å². The van der Waals surface area contributed by atoms with E-state index in [4.69, 9.17) is 4.74 Å². The van der Waals surface area contributed by atoms with Crippen LogP contribution in [0, 0.1) is 17.3 Å². The van der Waals surface area contributed by atoms with Gasteiger partial charge >= 0.3 is 5.97 Å². The highest BCUT2D eigenvalue weighted by Crippen LogP contribution is 2.39. The van der Waals surface area contributed by atoms with E-state index in [-0.39, 0.29) is 18.4 Å². The van der Waals surface area contributed by atoms with Crippen LogP contribution in [0.25, 0.3) is 32.3 Å². The van der Waals surface area contributed by atoms with Gasteiger partial charge in [-0.05, 0) is 70.5 Å². The maximum Gasteiger partial charge on any atom is 0.312 e. The molecule has 0 saturated carbocycles. The second kappa shape index (κ2) is 10.2. The Hall–Kier alpha value is -2.36. The first-order chi connectivity index (χ1) is 16.7. The number of ether oxygens (including phenoxy) is 1. The SMILES string of the molecule is CCC1C[N+](C)(C)CC1CCC(C)(CC)C(=O)OCc1ccc2ccc3cccc4ccc1c2c34.[Cl-]. The number of hydrogen-bond donors (Lipinski definition) is 0. The fourth-order valence-electron chi connectivity index (χ4n) is 6.60. The molecule has 1 aliphatic rings. The van der Waals surface area contributed by atoms with E-state index in [1.54, 1.807) is 0 Å². The molecule has 4 aromatic carbocycles. The van der Waals surface area contributed by atoms with Crippen molar-refractivity contribution in [2.75, 3.05) is 27.2 Å². The van der Waals surface area contributed by atoms with Crippen molar-refractivity contribution in [2.45, 2.75) is 53.1 Å². The normalized spacial score (nSPS) is 21.0. The van der Waals surface area contributed by atoms with Crippen LogP contribution in [-0.2, 0) is 16.1 Å². The van der Waals surface area contributed by atoms with Gasteiger partial charge in [0.2, 0.25) is 0 Å². The molecule has 0 bridgehead atoms. The third-order valence-electron chi connectivity index (χ3n) is 8.97. The summed E-state index contributed by atoms with van der Waals surface area (Å²) in [7, 11) is 4.68. The first kappa shape index (κ1) is 26.7. The van der Waals surface area contributed by atoms with E-state index in [1.165, 1.54) is 51.8 Å². The highest BCUT2D eigenvalue weighted by Gasteiger charge is 2.41. The van der Waals surface area contributed by atoms with Crippen molar-refractivity contribution >= 4 is 38.3 Å². The summed E-state index contributed by atoms with van der Waals surface area (Å²) in [6.45, 7) is 9.35. The van der Waals surface area contributed by atoms with Crippen LogP contribution < -0.4 is 12.4 Å². The Morgan fingerprint density at radius 1 is 0.917 bits per heavy atom. The second-order valence-corrected chi connectivity index (χ2v) is 11.8. The van der Waals surface area contributed by atoms with Crippen molar-refractivity contribution < 1.29 is 26.4 Å². The quantitative estimate of drug-likeness (QED) is 0.199. The zero-order valence-corrected chi connectivity index (χ0v) is 23.2. The number of rotatable bonds is 8. The summed E-state index contributed by atoms with van der Waals surface area (Å²) in [4.78, 5) is 13.4. The average molecular weight is 506 g/mol. The lowest BCUT2D eigenvalue weighted by Gasteiger charge is -2.28. The van der Waals surface area contributed by atoms with Gasteiger partial charge < -0.3 is 21.6 Å². The summed E-state index contributed by atoms with van der Waals surface area (Å²) in [5, 5.41) is 7.52. The maximum absolute atomic E-state index is 13.4.